The quantitative estimate of drug-likeness (QED) is 0.926. The van der Waals surface area contributed by atoms with E-state index in [1.165, 1.54) is 0 Å². The first-order valence-electron chi connectivity index (χ1n) is 7.22. The fourth-order valence-electron chi connectivity index (χ4n) is 2.82. The summed E-state index contributed by atoms with van der Waals surface area (Å²) >= 11 is 6.25. The SMILES string of the molecule is Cc1nc(-c2ccccc2Cl)nc(C)c1N1CCNCC1. The van der Waals surface area contributed by atoms with Crippen LogP contribution in [-0.2, 0) is 0 Å². The zero-order valence-electron chi connectivity index (χ0n) is 12.4. The summed E-state index contributed by atoms with van der Waals surface area (Å²) in [6, 6.07) is 7.70. The fourth-order valence-corrected chi connectivity index (χ4v) is 3.04. The maximum absolute atomic E-state index is 6.25. The van der Waals surface area contributed by atoms with E-state index in [1.54, 1.807) is 0 Å². The first-order valence-corrected chi connectivity index (χ1v) is 7.60. The van der Waals surface area contributed by atoms with Crippen LogP contribution in [0.4, 0.5) is 5.69 Å². The normalized spacial score (nSPS) is 15.3. The van der Waals surface area contributed by atoms with Crippen LogP contribution < -0.4 is 10.2 Å². The van der Waals surface area contributed by atoms with Gasteiger partial charge in [-0.05, 0) is 26.0 Å². The zero-order chi connectivity index (χ0) is 14.8. The Morgan fingerprint density at radius 2 is 1.67 bits per heavy atom. The lowest BCUT2D eigenvalue weighted by molar-refractivity contribution is 0.586. The largest absolute Gasteiger partial charge is 0.366 e. The first kappa shape index (κ1) is 14.3. The van der Waals surface area contributed by atoms with Crippen molar-refractivity contribution in [1.29, 1.82) is 0 Å². The van der Waals surface area contributed by atoms with E-state index in [-0.39, 0.29) is 0 Å². The molecule has 0 aliphatic carbocycles. The lowest BCUT2D eigenvalue weighted by Gasteiger charge is -2.31. The molecule has 0 atom stereocenters. The van der Waals surface area contributed by atoms with E-state index in [0.29, 0.717) is 10.8 Å². The van der Waals surface area contributed by atoms with Crippen LogP contribution in [0.2, 0.25) is 5.02 Å². The van der Waals surface area contributed by atoms with Crippen LogP contribution in [0.1, 0.15) is 11.4 Å². The third-order valence-corrected chi connectivity index (χ3v) is 4.11. The Hall–Kier alpha value is -1.65. The highest BCUT2D eigenvalue weighted by atomic mass is 35.5. The van der Waals surface area contributed by atoms with Crippen molar-refractivity contribution in [2.45, 2.75) is 13.8 Å². The van der Waals surface area contributed by atoms with Crippen molar-refractivity contribution in [2.75, 3.05) is 31.1 Å². The number of aromatic nitrogens is 2. The smallest absolute Gasteiger partial charge is 0.161 e. The molecule has 4 nitrogen and oxygen atoms in total. The Labute approximate surface area is 130 Å². The molecule has 21 heavy (non-hydrogen) atoms. The maximum atomic E-state index is 6.25. The highest BCUT2D eigenvalue weighted by molar-refractivity contribution is 6.33. The molecule has 0 bridgehead atoms. The summed E-state index contributed by atoms with van der Waals surface area (Å²) in [5.41, 5.74) is 4.07. The van der Waals surface area contributed by atoms with E-state index in [1.807, 2.05) is 38.1 Å². The first-order chi connectivity index (χ1) is 10.2. The zero-order valence-corrected chi connectivity index (χ0v) is 13.1. The summed E-state index contributed by atoms with van der Waals surface area (Å²) in [5.74, 6) is 0.703. The van der Waals surface area contributed by atoms with Gasteiger partial charge in [-0.25, -0.2) is 9.97 Å². The van der Waals surface area contributed by atoms with Gasteiger partial charge >= 0.3 is 0 Å². The minimum Gasteiger partial charge on any atom is -0.366 e. The van der Waals surface area contributed by atoms with E-state index in [0.717, 1.165) is 48.8 Å². The Bertz CT molecular complexity index is 627. The minimum atomic E-state index is 0.686. The van der Waals surface area contributed by atoms with Crippen molar-refractivity contribution >= 4 is 17.3 Å². The molecule has 1 N–H and O–H groups in total. The van der Waals surface area contributed by atoms with E-state index in [4.69, 9.17) is 11.6 Å². The molecule has 2 aromatic rings. The molecule has 1 aliphatic rings. The van der Waals surface area contributed by atoms with Gasteiger partial charge in [-0.2, -0.15) is 0 Å². The van der Waals surface area contributed by atoms with Gasteiger partial charge in [0.15, 0.2) is 5.82 Å². The molecule has 0 spiro atoms. The number of hydrogen-bond donors (Lipinski definition) is 1. The monoisotopic (exact) mass is 302 g/mol. The van der Waals surface area contributed by atoms with E-state index in [9.17, 15) is 0 Å². The third kappa shape index (κ3) is 2.87. The third-order valence-electron chi connectivity index (χ3n) is 3.78. The second-order valence-corrected chi connectivity index (χ2v) is 5.69. The van der Waals surface area contributed by atoms with Crippen molar-refractivity contribution in [2.24, 2.45) is 0 Å². The van der Waals surface area contributed by atoms with Crippen molar-refractivity contribution in [3.63, 3.8) is 0 Å². The molecule has 0 amide bonds. The topological polar surface area (TPSA) is 41.1 Å². The Balaban J connectivity index is 2.02. The number of anilines is 1. The number of hydrogen-bond acceptors (Lipinski definition) is 4. The molecular weight excluding hydrogens is 284 g/mol. The highest BCUT2D eigenvalue weighted by Crippen LogP contribution is 2.29. The van der Waals surface area contributed by atoms with E-state index in [2.05, 4.69) is 20.2 Å². The average molecular weight is 303 g/mol. The van der Waals surface area contributed by atoms with Gasteiger partial charge in [-0.1, -0.05) is 23.7 Å². The van der Waals surface area contributed by atoms with Gasteiger partial charge in [0, 0.05) is 31.7 Å². The van der Waals surface area contributed by atoms with Crippen molar-refractivity contribution in [3.05, 3.63) is 40.7 Å². The van der Waals surface area contributed by atoms with Crippen LogP contribution in [0.15, 0.2) is 24.3 Å². The van der Waals surface area contributed by atoms with Gasteiger partial charge in [-0.3, -0.25) is 0 Å². The Morgan fingerprint density at radius 1 is 1.05 bits per heavy atom. The second kappa shape index (κ2) is 6.00. The molecule has 0 saturated carbocycles. The number of nitrogens with one attached hydrogen (secondary N) is 1. The number of nitrogens with zero attached hydrogens (tertiary/aromatic N) is 3. The number of halogens is 1. The molecule has 1 aromatic carbocycles. The standard InChI is InChI=1S/C16H19ClN4/c1-11-15(21-9-7-18-8-10-21)12(2)20-16(19-11)13-5-3-4-6-14(13)17/h3-6,18H,7-10H2,1-2H3. The van der Waals surface area contributed by atoms with Crippen LogP contribution in [-0.4, -0.2) is 36.1 Å². The van der Waals surface area contributed by atoms with Crippen LogP contribution in [0, 0.1) is 13.8 Å². The Morgan fingerprint density at radius 3 is 2.29 bits per heavy atom. The molecule has 110 valence electrons. The Kier molecular flexibility index (Phi) is 4.08. The molecule has 1 fully saturated rings. The minimum absolute atomic E-state index is 0.686. The van der Waals surface area contributed by atoms with Gasteiger partial charge in [-0.15, -0.1) is 0 Å². The average Bonchev–Trinajstić information content (AvgIpc) is 2.48. The molecule has 1 aromatic heterocycles. The number of aryl methyl sites for hydroxylation is 2. The summed E-state index contributed by atoms with van der Waals surface area (Å²) in [6.07, 6.45) is 0. The predicted molar refractivity (Wildman–Crippen MR) is 87.0 cm³/mol. The number of rotatable bonds is 2. The summed E-state index contributed by atoms with van der Waals surface area (Å²) in [4.78, 5) is 11.7. The van der Waals surface area contributed by atoms with Crippen LogP contribution >= 0.6 is 11.6 Å². The maximum Gasteiger partial charge on any atom is 0.161 e. The highest BCUT2D eigenvalue weighted by Gasteiger charge is 2.18. The van der Waals surface area contributed by atoms with Gasteiger partial charge in [0.1, 0.15) is 0 Å². The van der Waals surface area contributed by atoms with Crippen molar-refractivity contribution < 1.29 is 0 Å². The molecule has 1 aliphatic heterocycles. The molecular formula is C16H19ClN4. The van der Waals surface area contributed by atoms with Crippen LogP contribution in [0.25, 0.3) is 11.4 Å². The fraction of sp³-hybridized carbons (Fsp3) is 0.375. The number of piperazine rings is 1. The van der Waals surface area contributed by atoms with Gasteiger partial charge in [0.2, 0.25) is 0 Å². The molecule has 0 radical (unpaired) electrons. The second-order valence-electron chi connectivity index (χ2n) is 5.28. The molecule has 5 heteroatoms. The summed E-state index contributed by atoms with van der Waals surface area (Å²) in [7, 11) is 0. The molecule has 2 heterocycles. The number of benzene rings is 1. The van der Waals surface area contributed by atoms with E-state index < -0.39 is 0 Å². The van der Waals surface area contributed by atoms with Crippen LogP contribution in [0.5, 0.6) is 0 Å². The lowest BCUT2D eigenvalue weighted by Crippen LogP contribution is -2.44. The van der Waals surface area contributed by atoms with Gasteiger partial charge < -0.3 is 10.2 Å². The van der Waals surface area contributed by atoms with Crippen LogP contribution in [0.3, 0.4) is 0 Å². The van der Waals surface area contributed by atoms with E-state index >= 15 is 0 Å². The molecule has 3 rings (SSSR count). The molecule has 1 saturated heterocycles. The van der Waals surface area contributed by atoms with Gasteiger partial charge in [0.25, 0.3) is 0 Å². The summed E-state index contributed by atoms with van der Waals surface area (Å²) in [6.45, 7) is 8.10. The lowest BCUT2D eigenvalue weighted by atomic mass is 10.1. The van der Waals surface area contributed by atoms with Gasteiger partial charge in [0.05, 0.1) is 22.1 Å². The summed E-state index contributed by atoms with van der Waals surface area (Å²) in [5, 5.41) is 4.05. The predicted octanol–water partition coefficient (Wildman–Crippen LogP) is 2.82. The summed E-state index contributed by atoms with van der Waals surface area (Å²) < 4.78 is 0. The van der Waals surface area contributed by atoms with Crippen molar-refractivity contribution in [1.82, 2.24) is 15.3 Å². The van der Waals surface area contributed by atoms with Crippen molar-refractivity contribution in [3.8, 4) is 11.4 Å². The molecule has 0 unspecified atom stereocenters.